The fourth-order valence-electron chi connectivity index (χ4n) is 3.56. The van der Waals surface area contributed by atoms with Crippen LogP contribution in [0.3, 0.4) is 0 Å². The Hall–Kier alpha value is -3.29. The molecule has 0 saturated carbocycles. The predicted octanol–water partition coefficient (Wildman–Crippen LogP) is 4.40. The molecule has 1 unspecified atom stereocenters. The summed E-state index contributed by atoms with van der Waals surface area (Å²) in [5, 5.41) is 13.2. The standard InChI is InChI=1S/C25H23F2NO4/c26-19-6-1-16(2-7-19)25(17-3-8-20(27)9-4-17)32-15-21(29)14-31-22-10-11-23-18(13-22)5-12-24(30)28-23/h1-4,6-11,13,21,25,29H,5,12,14-15H2,(H,28,30). The quantitative estimate of drug-likeness (QED) is 0.546. The maximum atomic E-state index is 13.3. The van der Waals surface area contributed by atoms with E-state index < -0.39 is 12.2 Å². The van der Waals surface area contributed by atoms with Crippen LogP contribution in [0, 0.1) is 11.6 Å². The molecule has 3 aromatic carbocycles. The number of hydrogen-bond donors (Lipinski definition) is 2. The Morgan fingerprint density at radius 1 is 0.875 bits per heavy atom. The fraction of sp³-hybridized carbons (Fsp3) is 0.240. The van der Waals surface area contributed by atoms with Crippen molar-refractivity contribution in [1.29, 1.82) is 0 Å². The maximum Gasteiger partial charge on any atom is 0.224 e. The number of halogens is 2. The van der Waals surface area contributed by atoms with Gasteiger partial charge in [-0.3, -0.25) is 4.79 Å². The van der Waals surface area contributed by atoms with E-state index >= 15 is 0 Å². The van der Waals surface area contributed by atoms with Crippen molar-refractivity contribution in [2.45, 2.75) is 25.0 Å². The Morgan fingerprint density at radius 3 is 2.12 bits per heavy atom. The second-order valence-electron chi connectivity index (χ2n) is 7.65. The summed E-state index contributed by atoms with van der Waals surface area (Å²) in [7, 11) is 0. The Balaban J connectivity index is 1.38. The van der Waals surface area contributed by atoms with E-state index in [1.54, 1.807) is 36.4 Å². The molecule has 2 N–H and O–H groups in total. The molecular weight excluding hydrogens is 416 g/mol. The zero-order valence-corrected chi connectivity index (χ0v) is 17.3. The zero-order chi connectivity index (χ0) is 22.5. The minimum atomic E-state index is -0.922. The molecule has 7 heteroatoms. The molecule has 0 bridgehead atoms. The second kappa shape index (κ2) is 9.89. The van der Waals surface area contributed by atoms with Crippen molar-refractivity contribution in [2.24, 2.45) is 0 Å². The summed E-state index contributed by atoms with van der Waals surface area (Å²) in [6, 6.07) is 17.1. The van der Waals surface area contributed by atoms with E-state index in [0.717, 1.165) is 11.3 Å². The van der Waals surface area contributed by atoms with Gasteiger partial charge < -0.3 is 19.9 Å². The van der Waals surface area contributed by atoms with Gasteiger partial charge >= 0.3 is 0 Å². The van der Waals surface area contributed by atoms with Crippen molar-refractivity contribution in [3.8, 4) is 5.75 Å². The van der Waals surface area contributed by atoms with Crippen LogP contribution in [-0.2, 0) is 16.0 Å². The molecule has 0 spiro atoms. The van der Waals surface area contributed by atoms with E-state index in [-0.39, 0.29) is 30.8 Å². The summed E-state index contributed by atoms with van der Waals surface area (Å²) < 4.78 is 38.3. The third-order valence-electron chi connectivity index (χ3n) is 5.22. The summed E-state index contributed by atoms with van der Waals surface area (Å²) in [5.41, 5.74) is 3.13. The molecule has 0 fully saturated rings. The van der Waals surface area contributed by atoms with Gasteiger partial charge in [0.2, 0.25) is 5.91 Å². The lowest BCUT2D eigenvalue weighted by Crippen LogP contribution is -2.25. The van der Waals surface area contributed by atoms with E-state index in [1.807, 2.05) is 6.07 Å². The highest BCUT2D eigenvalue weighted by Gasteiger charge is 2.19. The molecule has 5 nitrogen and oxygen atoms in total. The Kier molecular flexibility index (Phi) is 6.78. The van der Waals surface area contributed by atoms with Crippen LogP contribution in [0.25, 0.3) is 0 Å². The molecule has 0 radical (unpaired) electrons. The number of aryl methyl sites for hydroxylation is 1. The predicted molar refractivity (Wildman–Crippen MR) is 115 cm³/mol. The number of ether oxygens (including phenoxy) is 2. The van der Waals surface area contributed by atoms with Gasteiger partial charge in [0, 0.05) is 12.1 Å². The third-order valence-corrected chi connectivity index (χ3v) is 5.22. The number of nitrogens with one attached hydrogen (secondary N) is 1. The average molecular weight is 439 g/mol. The molecule has 166 valence electrons. The van der Waals surface area contributed by atoms with Crippen molar-refractivity contribution < 1.29 is 28.2 Å². The van der Waals surface area contributed by atoms with Crippen molar-refractivity contribution in [1.82, 2.24) is 0 Å². The molecule has 0 aromatic heterocycles. The Bertz CT molecular complexity index is 1020. The zero-order valence-electron chi connectivity index (χ0n) is 17.3. The van der Waals surface area contributed by atoms with Crippen molar-refractivity contribution >= 4 is 11.6 Å². The van der Waals surface area contributed by atoms with Crippen LogP contribution in [0.2, 0.25) is 0 Å². The van der Waals surface area contributed by atoms with Gasteiger partial charge in [0.05, 0.1) is 6.61 Å². The SMILES string of the molecule is O=C1CCc2cc(OCC(O)COC(c3ccc(F)cc3)c3ccc(F)cc3)ccc2N1. The van der Waals surface area contributed by atoms with Gasteiger partial charge in [-0.15, -0.1) is 0 Å². The topological polar surface area (TPSA) is 67.8 Å². The minimum absolute atomic E-state index is 0.00407. The van der Waals surface area contributed by atoms with E-state index in [9.17, 15) is 18.7 Å². The molecule has 4 rings (SSSR count). The smallest absolute Gasteiger partial charge is 0.224 e. The highest BCUT2D eigenvalue weighted by atomic mass is 19.1. The molecular formula is C25H23F2NO4. The molecule has 3 aromatic rings. The van der Waals surface area contributed by atoms with Crippen LogP contribution in [0.15, 0.2) is 66.7 Å². The van der Waals surface area contributed by atoms with E-state index in [0.29, 0.717) is 29.7 Å². The van der Waals surface area contributed by atoms with Gasteiger partial charge in [0.25, 0.3) is 0 Å². The first-order chi connectivity index (χ1) is 15.5. The number of carbonyl (C=O) groups is 1. The van der Waals surface area contributed by atoms with Gasteiger partial charge in [-0.05, 0) is 65.6 Å². The number of fused-ring (bicyclic) bond motifs is 1. The molecule has 1 amide bonds. The van der Waals surface area contributed by atoms with Crippen molar-refractivity contribution in [3.05, 3.63) is 95.1 Å². The van der Waals surface area contributed by atoms with Gasteiger partial charge in [0.1, 0.15) is 36.2 Å². The summed E-state index contributed by atoms with van der Waals surface area (Å²) in [4.78, 5) is 11.5. The normalized spacial score (nSPS) is 14.1. The Morgan fingerprint density at radius 2 is 1.50 bits per heavy atom. The van der Waals surface area contributed by atoms with Crippen LogP contribution in [0.5, 0.6) is 5.75 Å². The summed E-state index contributed by atoms with van der Waals surface area (Å²) in [6.07, 6.45) is -0.449. The summed E-state index contributed by atoms with van der Waals surface area (Å²) in [5.74, 6) is -0.155. The third kappa shape index (κ3) is 5.49. The highest BCUT2D eigenvalue weighted by Crippen LogP contribution is 2.28. The van der Waals surface area contributed by atoms with E-state index in [1.165, 1.54) is 24.3 Å². The van der Waals surface area contributed by atoms with Gasteiger partial charge in [0.15, 0.2) is 0 Å². The van der Waals surface area contributed by atoms with Crippen molar-refractivity contribution in [3.63, 3.8) is 0 Å². The summed E-state index contributed by atoms with van der Waals surface area (Å²) >= 11 is 0. The number of amides is 1. The number of rotatable bonds is 8. The lowest BCUT2D eigenvalue weighted by molar-refractivity contribution is -0.116. The number of benzene rings is 3. The first-order valence-electron chi connectivity index (χ1n) is 10.3. The number of hydrogen-bond acceptors (Lipinski definition) is 4. The summed E-state index contributed by atoms with van der Waals surface area (Å²) in [6.45, 7) is -0.0366. The molecule has 1 aliphatic heterocycles. The van der Waals surface area contributed by atoms with Crippen LogP contribution in [0.1, 0.15) is 29.2 Å². The number of carbonyl (C=O) groups excluding carboxylic acids is 1. The second-order valence-corrected chi connectivity index (χ2v) is 7.65. The van der Waals surface area contributed by atoms with E-state index in [2.05, 4.69) is 5.32 Å². The Labute approximate surface area is 184 Å². The van der Waals surface area contributed by atoms with Crippen LogP contribution < -0.4 is 10.1 Å². The molecule has 32 heavy (non-hydrogen) atoms. The number of aliphatic hydroxyl groups excluding tert-OH is 1. The fourth-order valence-corrected chi connectivity index (χ4v) is 3.56. The molecule has 1 heterocycles. The van der Waals surface area contributed by atoms with Gasteiger partial charge in [-0.1, -0.05) is 24.3 Å². The van der Waals surface area contributed by atoms with Crippen molar-refractivity contribution in [2.75, 3.05) is 18.5 Å². The van der Waals surface area contributed by atoms with Crippen LogP contribution in [0.4, 0.5) is 14.5 Å². The van der Waals surface area contributed by atoms with Crippen LogP contribution in [-0.4, -0.2) is 30.3 Å². The van der Waals surface area contributed by atoms with Crippen LogP contribution >= 0.6 is 0 Å². The first kappa shape index (κ1) is 21.9. The number of anilines is 1. The molecule has 0 aliphatic carbocycles. The number of aliphatic hydroxyl groups is 1. The maximum absolute atomic E-state index is 13.3. The highest BCUT2D eigenvalue weighted by molar-refractivity contribution is 5.93. The largest absolute Gasteiger partial charge is 0.491 e. The molecule has 1 aliphatic rings. The van der Waals surface area contributed by atoms with Gasteiger partial charge in [-0.25, -0.2) is 8.78 Å². The molecule has 0 saturated heterocycles. The first-order valence-corrected chi connectivity index (χ1v) is 10.3. The monoisotopic (exact) mass is 439 g/mol. The average Bonchev–Trinajstić information content (AvgIpc) is 2.80. The lowest BCUT2D eigenvalue weighted by Gasteiger charge is -2.22. The lowest BCUT2D eigenvalue weighted by atomic mass is 10.0. The van der Waals surface area contributed by atoms with E-state index in [4.69, 9.17) is 9.47 Å². The molecule has 1 atom stereocenters. The minimum Gasteiger partial charge on any atom is -0.491 e. The van der Waals surface area contributed by atoms with Gasteiger partial charge in [-0.2, -0.15) is 0 Å².